The average molecular weight is 366 g/mol. The van der Waals surface area contributed by atoms with Crippen LogP contribution in [0.25, 0.3) is 0 Å². The molecule has 2 aromatic rings. The van der Waals surface area contributed by atoms with Crippen LogP contribution >= 0.6 is 0 Å². The third kappa shape index (κ3) is 3.76. The molecule has 0 unspecified atom stereocenters. The van der Waals surface area contributed by atoms with Crippen LogP contribution in [0.4, 0.5) is 11.5 Å². The molecule has 1 fully saturated rings. The van der Waals surface area contributed by atoms with E-state index in [0.29, 0.717) is 24.5 Å². The van der Waals surface area contributed by atoms with E-state index in [9.17, 15) is 4.79 Å². The standard InChI is InChI=1S/C21H26N4O2/c1-14-5-10-19(23-13-14)25-11-12-27-20-17(3-2-4-18(20)25)21(26)24-16-8-6-15(22)7-9-16/h2-5,10,13,15-16H,6-9,11-12,22H2,1H3,(H,24,26)/t15-,16-. The quantitative estimate of drug-likeness (QED) is 0.873. The highest BCUT2D eigenvalue weighted by Gasteiger charge is 2.27. The van der Waals surface area contributed by atoms with Crippen molar-refractivity contribution in [1.82, 2.24) is 10.3 Å². The molecular formula is C21H26N4O2. The molecule has 1 aliphatic carbocycles. The maximum Gasteiger partial charge on any atom is 0.255 e. The van der Waals surface area contributed by atoms with Crippen LogP contribution in [-0.4, -0.2) is 36.1 Å². The van der Waals surface area contributed by atoms with Crippen LogP contribution in [-0.2, 0) is 0 Å². The van der Waals surface area contributed by atoms with Gasteiger partial charge in [0.2, 0.25) is 0 Å². The number of pyridine rings is 1. The SMILES string of the molecule is Cc1ccc(N2CCOc3c(C(=O)N[C@H]4CC[C@H](N)CC4)cccc32)nc1. The first kappa shape index (κ1) is 17.8. The molecule has 1 aliphatic heterocycles. The van der Waals surface area contributed by atoms with Gasteiger partial charge in [-0.15, -0.1) is 0 Å². The summed E-state index contributed by atoms with van der Waals surface area (Å²) < 4.78 is 5.91. The van der Waals surface area contributed by atoms with E-state index in [1.807, 2.05) is 43.5 Å². The van der Waals surface area contributed by atoms with Gasteiger partial charge >= 0.3 is 0 Å². The zero-order valence-electron chi connectivity index (χ0n) is 15.6. The molecule has 2 heterocycles. The number of para-hydroxylation sites is 1. The average Bonchev–Trinajstić information content (AvgIpc) is 2.69. The summed E-state index contributed by atoms with van der Waals surface area (Å²) in [5.41, 5.74) is 8.55. The minimum absolute atomic E-state index is 0.0777. The first-order chi connectivity index (χ1) is 13.1. The highest BCUT2D eigenvalue weighted by atomic mass is 16.5. The maximum absolute atomic E-state index is 12.9. The number of fused-ring (bicyclic) bond motifs is 1. The van der Waals surface area contributed by atoms with E-state index in [1.165, 1.54) is 0 Å². The van der Waals surface area contributed by atoms with Gasteiger partial charge in [-0.1, -0.05) is 12.1 Å². The molecule has 3 N–H and O–H groups in total. The summed E-state index contributed by atoms with van der Waals surface area (Å²) in [6.45, 7) is 3.24. The first-order valence-corrected chi connectivity index (χ1v) is 9.64. The predicted octanol–water partition coefficient (Wildman–Crippen LogP) is 2.92. The molecule has 1 amide bonds. The van der Waals surface area contributed by atoms with Crippen LogP contribution in [0.3, 0.4) is 0 Å². The second-order valence-electron chi connectivity index (χ2n) is 7.43. The van der Waals surface area contributed by atoms with Gasteiger partial charge in [0, 0.05) is 18.3 Å². The molecule has 0 bridgehead atoms. The molecule has 1 saturated carbocycles. The van der Waals surface area contributed by atoms with Crippen molar-refractivity contribution in [2.24, 2.45) is 5.73 Å². The Hall–Kier alpha value is -2.60. The maximum atomic E-state index is 12.9. The van der Waals surface area contributed by atoms with E-state index in [2.05, 4.69) is 15.2 Å². The summed E-state index contributed by atoms with van der Waals surface area (Å²) in [6, 6.07) is 10.2. The van der Waals surface area contributed by atoms with E-state index >= 15 is 0 Å². The summed E-state index contributed by atoms with van der Waals surface area (Å²) >= 11 is 0. The van der Waals surface area contributed by atoms with Crippen LogP contribution in [0.5, 0.6) is 5.75 Å². The Morgan fingerprint density at radius 2 is 2.04 bits per heavy atom. The van der Waals surface area contributed by atoms with E-state index < -0.39 is 0 Å². The first-order valence-electron chi connectivity index (χ1n) is 9.64. The summed E-state index contributed by atoms with van der Waals surface area (Å²) in [5, 5.41) is 3.16. The van der Waals surface area contributed by atoms with Crippen molar-refractivity contribution in [2.75, 3.05) is 18.1 Å². The number of amides is 1. The molecule has 6 heteroatoms. The Morgan fingerprint density at radius 3 is 2.78 bits per heavy atom. The van der Waals surface area contributed by atoms with E-state index in [-0.39, 0.29) is 18.0 Å². The topological polar surface area (TPSA) is 80.5 Å². The third-order valence-electron chi connectivity index (χ3n) is 5.37. The van der Waals surface area contributed by atoms with Gasteiger partial charge in [0.1, 0.15) is 12.4 Å². The number of hydrogen-bond donors (Lipinski definition) is 2. The molecule has 6 nitrogen and oxygen atoms in total. The molecule has 1 aromatic carbocycles. The largest absolute Gasteiger partial charge is 0.489 e. The Bertz CT molecular complexity index is 813. The van der Waals surface area contributed by atoms with E-state index in [0.717, 1.165) is 42.8 Å². The molecule has 142 valence electrons. The van der Waals surface area contributed by atoms with Crippen molar-refractivity contribution < 1.29 is 9.53 Å². The van der Waals surface area contributed by atoms with Crippen LogP contribution in [0, 0.1) is 6.92 Å². The number of anilines is 2. The number of aryl methyl sites for hydroxylation is 1. The van der Waals surface area contributed by atoms with Crippen molar-refractivity contribution in [3.8, 4) is 5.75 Å². The van der Waals surface area contributed by atoms with Crippen molar-refractivity contribution in [1.29, 1.82) is 0 Å². The lowest BCUT2D eigenvalue weighted by Crippen LogP contribution is -2.41. The Kier molecular flexibility index (Phi) is 4.99. The molecule has 0 spiro atoms. The molecule has 0 saturated heterocycles. The lowest BCUT2D eigenvalue weighted by molar-refractivity contribution is 0.0921. The van der Waals surface area contributed by atoms with Crippen LogP contribution in [0.2, 0.25) is 0 Å². The zero-order chi connectivity index (χ0) is 18.8. The normalized spacial score (nSPS) is 21.9. The van der Waals surface area contributed by atoms with E-state index in [4.69, 9.17) is 10.5 Å². The van der Waals surface area contributed by atoms with Crippen molar-refractivity contribution in [3.63, 3.8) is 0 Å². The number of carbonyl (C=O) groups excluding carboxylic acids is 1. The fraction of sp³-hybridized carbons (Fsp3) is 0.429. The summed E-state index contributed by atoms with van der Waals surface area (Å²) in [5.74, 6) is 1.42. The van der Waals surface area contributed by atoms with Gasteiger partial charge < -0.3 is 20.7 Å². The van der Waals surface area contributed by atoms with Crippen LogP contribution in [0.1, 0.15) is 41.6 Å². The molecule has 4 rings (SSSR count). The lowest BCUT2D eigenvalue weighted by atomic mass is 9.91. The van der Waals surface area contributed by atoms with Crippen molar-refractivity contribution >= 4 is 17.4 Å². The minimum atomic E-state index is -0.0777. The summed E-state index contributed by atoms with van der Waals surface area (Å²) in [7, 11) is 0. The monoisotopic (exact) mass is 366 g/mol. The molecular weight excluding hydrogens is 340 g/mol. The Balaban J connectivity index is 1.58. The highest BCUT2D eigenvalue weighted by molar-refractivity contribution is 5.99. The van der Waals surface area contributed by atoms with Gasteiger partial charge in [0.05, 0.1) is 17.8 Å². The molecule has 0 atom stereocenters. The van der Waals surface area contributed by atoms with Gasteiger partial charge in [-0.2, -0.15) is 0 Å². The number of ether oxygens (including phenoxy) is 1. The Morgan fingerprint density at radius 1 is 1.22 bits per heavy atom. The lowest BCUT2D eigenvalue weighted by Gasteiger charge is -2.32. The smallest absolute Gasteiger partial charge is 0.255 e. The predicted molar refractivity (Wildman–Crippen MR) is 106 cm³/mol. The van der Waals surface area contributed by atoms with Gasteiger partial charge in [-0.05, 0) is 56.4 Å². The van der Waals surface area contributed by atoms with Crippen LogP contribution < -0.4 is 20.7 Å². The van der Waals surface area contributed by atoms with Gasteiger partial charge in [-0.25, -0.2) is 4.98 Å². The molecule has 27 heavy (non-hydrogen) atoms. The van der Waals surface area contributed by atoms with Crippen molar-refractivity contribution in [2.45, 2.75) is 44.7 Å². The molecule has 2 aliphatic rings. The number of nitrogens with zero attached hydrogens (tertiary/aromatic N) is 2. The minimum Gasteiger partial charge on any atom is -0.489 e. The van der Waals surface area contributed by atoms with Gasteiger partial charge in [0.15, 0.2) is 5.75 Å². The number of benzene rings is 1. The highest BCUT2D eigenvalue weighted by Crippen LogP contribution is 2.38. The number of aromatic nitrogens is 1. The summed E-state index contributed by atoms with van der Waals surface area (Å²) in [4.78, 5) is 19.5. The van der Waals surface area contributed by atoms with Gasteiger partial charge in [0.25, 0.3) is 5.91 Å². The number of nitrogens with one attached hydrogen (secondary N) is 1. The number of nitrogens with two attached hydrogens (primary N) is 1. The third-order valence-corrected chi connectivity index (χ3v) is 5.37. The van der Waals surface area contributed by atoms with Crippen LogP contribution in [0.15, 0.2) is 36.5 Å². The zero-order valence-corrected chi connectivity index (χ0v) is 15.6. The summed E-state index contributed by atoms with van der Waals surface area (Å²) in [6.07, 6.45) is 5.64. The molecule has 0 radical (unpaired) electrons. The number of hydrogen-bond acceptors (Lipinski definition) is 5. The Labute approximate surface area is 159 Å². The second-order valence-corrected chi connectivity index (χ2v) is 7.43. The number of carbonyl (C=O) groups is 1. The van der Waals surface area contributed by atoms with Gasteiger partial charge in [-0.3, -0.25) is 4.79 Å². The van der Waals surface area contributed by atoms with E-state index in [1.54, 1.807) is 0 Å². The number of rotatable bonds is 3. The second kappa shape index (κ2) is 7.56. The van der Waals surface area contributed by atoms with Crippen molar-refractivity contribution in [3.05, 3.63) is 47.7 Å². The molecule has 1 aromatic heterocycles. The fourth-order valence-electron chi connectivity index (χ4n) is 3.81. The fourth-order valence-corrected chi connectivity index (χ4v) is 3.81.